The molecule has 0 spiro atoms. The standard InChI is InChI=1S/C22H24F3N7O3/c23-22(24,25)16-4-6-27-19(31-16)17(18(26)33)20-29-14-3-2-13(12-15(14)30-20)21(34)28-5-1-7-32-8-10-35-11-9-32/h2-4,6,12,29-30H,1,5,7-11H2,(H2,26,33)(H,28,34)/b20-17+. The lowest BCUT2D eigenvalue weighted by molar-refractivity contribution is -0.141. The maximum atomic E-state index is 13.1. The second kappa shape index (κ2) is 10.3. The third-order valence-corrected chi connectivity index (χ3v) is 5.51. The number of carbonyl (C=O) groups is 2. The van der Waals surface area contributed by atoms with Gasteiger partial charge >= 0.3 is 6.18 Å². The van der Waals surface area contributed by atoms with Crippen molar-refractivity contribution in [2.75, 3.05) is 50.0 Å². The minimum Gasteiger partial charge on any atom is -0.379 e. The number of rotatable bonds is 7. The Balaban J connectivity index is 1.44. The van der Waals surface area contributed by atoms with Crippen LogP contribution in [0.1, 0.15) is 28.3 Å². The number of nitrogens with zero attached hydrogens (tertiary/aromatic N) is 3. The molecule has 1 aromatic carbocycles. The van der Waals surface area contributed by atoms with E-state index in [1.807, 2.05) is 0 Å². The highest BCUT2D eigenvalue weighted by atomic mass is 19.4. The van der Waals surface area contributed by atoms with Crippen LogP contribution in [-0.4, -0.2) is 66.1 Å². The number of nitrogens with two attached hydrogens (primary N) is 1. The van der Waals surface area contributed by atoms with Gasteiger partial charge in [-0.1, -0.05) is 0 Å². The molecule has 2 aromatic rings. The van der Waals surface area contributed by atoms with Crippen LogP contribution >= 0.6 is 0 Å². The van der Waals surface area contributed by atoms with Crippen molar-refractivity contribution in [1.29, 1.82) is 0 Å². The number of hydrogen-bond donors (Lipinski definition) is 4. The number of carbonyl (C=O) groups excluding carboxylic acids is 2. The van der Waals surface area contributed by atoms with Crippen LogP contribution in [0.15, 0.2) is 36.3 Å². The molecule has 2 aliphatic heterocycles. The molecule has 0 saturated carbocycles. The molecule has 2 amide bonds. The highest BCUT2D eigenvalue weighted by molar-refractivity contribution is 6.20. The van der Waals surface area contributed by atoms with Crippen LogP contribution in [-0.2, 0) is 15.7 Å². The van der Waals surface area contributed by atoms with Gasteiger partial charge in [0, 0.05) is 31.4 Å². The van der Waals surface area contributed by atoms with Gasteiger partial charge in [0.15, 0.2) is 5.82 Å². The Morgan fingerprint density at radius 1 is 1.14 bits per heavy atom. The van der Waals surface area contributed by atoms with Crippen molar-refractivity contribution in [2.45, 2.75) is 12.6 Å². The van der Waals surface area contributed by atoms with E-state index in [0.29, 0.717) is 29.5 Å². The van der Waals surface area contributed by atoms with Gasteiger partial charge in [0.2, 0.25) is 0 Å². The first-order valence-electron chi connectivity index (χ1n) is 10.9. The zero-order valence-corrected chi connectivity index (χ0v) is 18.6. The van der Waals surface area contributed by atoms with E-state index < -0.39 is 23.6 Å². The van der Waals surface area contributed by atoms with E-state index in [-0.39, 0.29) is 17.3 Å². The fraction of sp³-hybridized carbons (Fsp3) is 0.364. The van der Waals surface area contributed by atoms with Crippen LogP contribution in [0.4, 0.5) is 24.5 Å². The summed E-state index contributed by atoms with van der Waals surface area (Å²) < 4.78 is 44.5. The van der Waals surface area contributed by atoms with Crippen molar-refractivity contribution in [2.24, 2.45) is 5.73 Å². The normalized spacial score (nSPS) is 17.2. The summed E-state index contributed by atoms with van der Waals surface area (Å²) in [6.45, 7) is 4.56. The molecule has 1 fully saturated rings. The predicted octanol–water partition coefficient (Wildman–Crippen LogP) is 1.64. The van der Waals surface area contributed by atoms with E-state index in [2.05, 4.69) is 30.8 Å². The van der Waals surface area contributed by atoms with Gasteiger partial charge in [-0.15, -0.1) is 0 Å². The average Bonchev–Trinajstić information content (AvgIpc) is 3.24. The molecule has 0 unspecified atom stereocenters. The topological polar surface area (TPSA) is 134 Å². The number of halogens is 3. The molecule has 35 heavy (non-hydrogen) atoms. The number of alkyl halides is 3. The number of fused-ring (bicyclic) bond motifs is 1. The molecular weight excluding hydrogens is 467 g/mol. The van der Waals surface area contributed by atoms with Crippen molar-refractivity contribution in [3.8, 4) is 0 Å². The van der Waals surface area contributed by atoms with Gasteiger partial charge in [-0.05, 0) is 37.2 Å². The second-order valence-electron chi connectivity index (χ2n) is 7.95. The Morgan fingerprint density at radius 3 is 2.60 bits per heavy atom. The number of hydrogen-bond acceptors (Lipinski definition) is 8. The predicted molar refractivity (Wildman–Crippen MR) is 121 cm³/mol. The number of nitrogens with one attached hydrogen (secondary N) is 3. The molecule has 4 rings (SSSR count). The maximum Gasteiger partial charge on any atom is 0.433 e. The molecular formula is C22H24F3N7O3. The summed E-state index contributed by atoms with van der Waals surface area (Å²) in [6.07, 6.45) is -3.02. The van der Waals surface area contributed by atoms with Crippen molar-refractivity contribution in [1.82, 2.24) is 20.2 Å². The summed E-state index contributed by atoms with van der Waals surface area (Å²) in [5, 5.41) is 8.64. The first kappa shape index (κ1) is 24.4. The quantitative estimate of drug-likeness (QED) is 0.339. The minimum absolute atomic E-state index is 0.0230. The maximum absolute atomic E-state index is 13.1. The highest BCUT2D eigenvalue weighted by Gasteiger charge is 2.34. The van der Waals surface area contributed by atoms with Crippen LogP contribution in [0.5, 0.6) is 0 Å². The van der Waals surface area contributed by atoms with E-state index in [1.54, 1.807) is 18.2 Å². The summed E-state index contributed by atoms with van der Waals surface area (Å²) in [4.78, 5) is 34.2. The molecule has 2 aliphatic rings. The highest BCUT2D eigenvalue weighted by Crippen LogP contribution is 2.34. The van der Waals surface area contributed by atoms with Gasteiger partial charge < -0.3 is 26.4 Å². The van der Waals surface area contributed by atoms with Gasteiger partial charge in [0.1, 0.15) is 17.1 Å². The first-order valence-corrected chi connectivity index (χ1v) is 10.9. The number of amides is 2. The van der Waals surface area contributed by atoms with E-state index >= 15 is 0 Å². The molecule has 5 N–H and O–H groups in total. The van der Waals surface area contributed by atoms with Crippen LogP contribution < -0.4 is 21.7 Å². The summed E-state index contributed by atoms with van der Waals surface area (Å²) in [5.41, 5.74) is 5.22. The smallest absolute Gasteiger partial charge is 0.379 e. The van der Waals surface area contributed by atoms with Gasteiger partial charge in [-0.2, -0.15) is 13.2 Å². The molecule has 1 saturated heterocycles. The van der Waals surface area contributed by atoms with Gasteiger partial charge in [0.05, 0.1) is 24.6 Å². The Labute approximate surface area is 198 Å². The van der Waals surface area contributed by atoms with E-state index in [4.69, 9.17) is 10.5 Å². The summed E-state index contributed by atoms with van der Waals surface area (Å²) in [5.74, 6) is -1.75. The number of benzene rings is 1. The number of primary amides is 1. The van der Waals surface area contributed by atoms with Gasteiger partial charge in [0.25, 0.3) is 11.8 Å². The molecule has 186 valence electrons. The number of aromatic nitrogens is 2. The van der Waals surface area contributed by atoms with Crippen molar-refractivity contribution in [3.63, 3.8) is 0 Å². The SMILES string of the molecule is NC(=O)/C(=C1/Nc2ccc(C(=O)NCCCN3CCOCC3)cc2N1)c1nccc(C(F)(F)F)n1. The molecule has 1 aromatic heterocycles. The largest absolute Gasteiger partial charge is 0.433 e. The van der Waals surface area contributed by atoms with Crippen LogP contribution in [0.2, 0.25) is 0 Å². The monoisotopic (exact) mass is 491 g/mol. The summed E-state index contributed by atoms with van der Waals surface area (Å²) in [7, 11) is 0. The number of morpholine rings is 1. The zero-order valence-electron chi connectivity index (χ0n) is 18.6. The van der Waals surface area contributed by atoms with Crippen LogP contribution in [0.25, 0.3) is 5.57 Å². The summed E-state index contributed by atoms with van der Waals surface area (Å²) in [6, 6.07) is 5.48. The van der Waals surface area contributed by atoms with E-state index in [0.717, 1.165) is 45.5 Å². The zero-order chi connectivity index (χ0) is 25.0. The lowest BCUT2D eigenvalue weighted by atomic mass is 10.1. The Hall–Kier alpha value is -3.71. The fourth-order valence-electron chi connectivity index (χ4n) is 3.74. The van der Waals surface area contributed by atoms with Crippen molar-refractivity contribution < 1.29 is 27.5 Å². The van der Waals surface area contributed by atoms with Crippen LogP contribution in [0, 0.1) is 0 Å². The average molecular weight is 491 g/mol. The lowest BCUT2D eigenvalue weighted by Crippen LogP contribution is -2.38. The molecule has 3 heterocycles. The third kappa shape index (κ3) is 5.87. The third-order valence-electron chi connectivity index (χ3n) is 5.51. The Bertz CT molecular complexity index is 1150. The lowest BCUT2D eigenvalue weighted by Gasteiger charge is -2.26. The first-order chi connectivity index (χ1) is 16.7. The van der Waals surface area contributed by atoms with E-state index in [1.165, 1.54) is 0 Å². The minimum atomic E-state index is -4.71. The molecule has 13 heteroatoms. The van der Waals surface area contributed by atoms with Gasteiger partial charge in [-0.3, -0.25) is 14.5 Å². The van der Waals surface area contributed by atoms with Crippen molar-refractivity contribution >= 4 is 28.8 Å². The summed E-state index contributed by atoms with van der Waals surface area (Å²) >= 11 is 0. The molecule has 0 aliphatic carbocycles. The van der Waals surface area contributed by atoms with Crippen LogP contribution in [0.3, 0.4) is 0 Å². The van der Waals surface area contributed by atoms with Gasteiger partial charge in [-0.25, -0.2) is 9.97 Å². The fourth-order valence-corrected chi connectivity index (χ4v) is 3.74. The molecule has 0 bridgehead atoms. The molecule has 0 radical (unpaired) electrons. The number of anilines is 2. The second-order valence-corrected chi connectivity index (χ2v) is 7.95. The Morgan fingerprint density at radius 2 is 1.89 bits per heavy atom. The number of ether oxygens (including phenoxy) is 1. The molecule has 0 atom stereocenters. The van der Waals surface area contributed by atoms with Crippen molar-refractivity contribution in [3.05, 3.63) is 53.4 Å². The van der Waals surface area contributed by atoms with E-state index in [9.17, 15) is 22.8 Å². The Kier molecular flexibility index (Phi) is 7.17. The molecule has 10 nitrogen and oxygen atoms in total.